The van der Waals surface area contributed by atoms with E-state index in [0.29, 0.717) is 10.6 Å². The van der Waals surface area contributed by atoms with Gasteiger partial charge in [-0.3, -0.25) is 9.59 Å². The van der Waals surface area contributed by atoms with Gasteiger partial charge in [-0.15, -0.1) is 0 Å². The molecule has 1 N–H and O–H groups in total. The van der Waals surface area contributed by atoms with Crippen molar-refractivity contribution < 1.29 is 14.7 Å². The summed E-state index contributed by atoms with van der Waals surface area (Å²) in [5, 5.41) is 11.3. The number of benzene rings is 2. The number of nitrogens with zero attached hydrogens (tertiary/aromatic N) is 1. The lowest BCUT2D eigenvalue weighted by molar-refractivity contribution is -0.137. The number of carboxylic acid groups (broad SMARTS) is 1. The maximum atomic E-state index is 13.3. The molecule has 0 aliphatic heterocycles. The van der Waals surface area contributed by atoms with E-state index in [1.165, 1.54) is 5.56 Å². The fourth-order valence-electron chi connectivity index (χ4n) is 4.49. The van der Waals surface area contributed by atoms with E-state index in [1.54, 1.807) is 0 Å². The number of carboxylic acids is 1. The van der Waals surface area contributed by atoms with Gasteiger partial charge in [-0.25, -0.2) is 0 Å². The van der Waals surface area contributed by atoms with Crippen LogP contribution in [0, 0.1) is 5.92 Å². The number of hydrogen-bond donors (Lipinski definition) is 1. The van der Waals surface area contributed by atoms with Gasteiger partial charge in [0.1, 0.15) is 0 Å². The summed E-state index contributed by atoms with van der Waals surface area (Å²) >= 11 is 12.2. The standard InChI is InChI=1S/C27H31Cl2NO3/c1-18(16-26(32)33)15-25(31)27-22-17-21(29)13-14-23(22)30(2)24(27)8-6-4-3-5-7-19-9-11-20(28)12-10-19/h9-14,17-18H,3-8,15-16H2,1-2H3,(H,32,33)/t18-/m1/s1. The number of aromatic nitrogens is 1. The number of unbranched alkanes of at least 4 members (excludes halogenated alkanes) is 3. The Hall–Kier alpha value is -2.30. The summed E-state index contributed by atoms with van der Waals surface area (Å²) in [5.74, 6) is -1.10. The van der Waals surface area contributed by atoms with Crippen LogP contribution in [0.1, 0.15) is 67.1 Å². The van der Waals surface area contributed by atoms with Crippen LogP contribution in [-0.2, 0) is 24.7 Å². The van der Waals surface area contributed by atoms with Crippen LogP contribution in [0.4, 0.5) is 0 Å². The van der Waals surface area contributed by atoms with Crippen LogP contribution >= 0.6 is 23.2 Å². The third-order valence-electron chi connectivity index (χ3n) is 6.16. The number of halogens is 2. The molecule has 0 bridgehead atoms. The van der Waals surface area contributed by atoms with Crippen molar-refractivity contribution in [3.05, 3.63) is 69.3 Å². The highest BCUT2D eigenvalue weighted by molar-refractivity contribution is 6.31. The minimum absolute atomic E-state index is 0.00523. The van der Waals surface area contributed by atoms with Crippen LogP contribution in [0.3, 0.4) is 0 Å². The molecule has 0 radical (unpaired) electrons. The fourth-order valence-corrected chi connectivity index (χ4v) is 4.79. The first kappa shape index (κ1) is 25.3. The first-order chi connectivity index (χ1) is 15.8. The van der Waals surface area contributed by atoms with Crippen LogP contribution < -0.4 is 0 Å². The molecular weight excluding hydrogens is 457 g/mol. The van der Waals surface area contributed by atoms with E-state index in [-0.39, 0.29) is 24.5 Å². The van der Waals surface area contributed by atoms with Gasteiger partial charge in [0.05, 0.1) is 0 Å². The summed E-state index contributed by atoms with van der Waals surface area (Å²) in [7, 11) is 1.99. The number of carbonyl (C=O) groups is 2. The molecule has 1 atom stereocenters. The first-order valence-electron chi connectivity index (χ1n) is 11.5. The minimum atomic E-state index is -0.880. The largest absolute Gasteiger partial charge is 0.481 e. The van der Waals surface area contributed by atoms with Crippen molar-refractivity contribution in [2.45, 2.75) is 58.3 Å². The molecule has 0 spiro atoms. The van der Waals surface area contributed by atoms with Crippen molar-refractivity contribution in [1.82, 2.24) is 4.57 Å². The first-order valence-corrected chi connectivity index (χ1v) is 12.3. The van der Waals surface area contributed by atoms with Crippen molar-refractivity contribution in [2.24, 2.45) is 13.0 Å². The lowest BCUT2D eigenvalue weighted by Gasteiger charge is -2.11. The molecule has 0 fully saturated rings. The molecule has 0 aliphatic carbocycles. The molecule has 6 heteroatoms. The molecule has 0 saturated carbocycles. The Balaban J connectivity index is 1.67. The number of fused-ring (bicyclic) bond motifs is 1. The van der Waals surface area contributed by atoms with E-state index in [1.807, 2.05) is 44.3 Å². The van der Waals surface area contributed by atoms with E-state index in [9.17, 15) is 9.59 Å². The van der Waals surface area contributed by atoms with Crippen molar-refractivity contribution in [3.63, 3.8) is 0 Å². The summed E-state index contributed by atoms with van der Waals surface area (Å²) in [5.41, 5.74) is 3.99. The molecule has 0 aliphatic rings. The second kappa shape index (κ2) is 11.7. The third-order valence-corrected chi connectivity index (χ3v) is 6.65. The normalized spacial score (nSPS) is 12.2. The number of ketones is 1. The monoisotopic (exact) mass is 487 g/mol. The van der Waals surface area contributed by atoms with Gasteiger partial charge in [0, 0.05) is 52.1 Å². The average Bonchev–Trinajstić information content (AvgIpc) is 3.02. The zero-order chi connectivity index (χ0) is 24.0. The van der Waals surface area contributed by atoms with E-state index >= 15 is 0 Å². The SMILES string of the molecule is C[C@@H](CC(=O)O)CC(=O)c1c(CCCCCCc2ccc(Cl)cc2)n(C)c2ccc(Cl)cc12. The van der Waals surface area contributed by atoms with Crippen molar-refractivity contribution in [3.8, 4) is 0 Å². The Bertz CT molecular complexity index is 1120. The van der Waals surface area contributed by atoms with Gasteiger partial charge < -0.3 is 9.67 Å². The van der Waals surface area contributed by atoms with Gasteiger partial charge in [-0.2, -0.15) is 0 Å². The molecule has 33 heavy (non-hydrogen) atoms. The van der Waals surface area contributed by atoms with Crippen LogP contribution in [0.5, 0.6) is 0 Å². The highest BCUT2D eigenvalue weighted by Crippen LogP contribution is 2.31. The molecule has 4 nitrogen and oxygen atoms in total. The highest BCUT2D eigenvalue weighted by Gasteiger charge is 2.23. The molecular formula is C27H31Cl2NO3. The number of aryl methyl sites for hydroxylation is 2. The van der Waals surface area contributed by atoms with Gasteiger partial charge in [0.15, 0.2) is 5.78 Å². The van der Waals surface area contributed by atoms with Crippen LogP contribution in [0.15, 0.2) is 42.5 Å². The average molecular weight is 488 g/mol. The number of aliphatic carboxylic acids is 1. The third kappa shape index (κ3) is 6.84. The lowest BCUT2D eigenvalue weighted by Crippen LogP contribution is -2.12. The van der Waals surface area contributed by atoms with Crippen molar-refractivity contribution >= 4 is 45.9 Å². The Morgan fingerprint density at radius 2 is 1.55 bits per heavy atom. The van der Waals surface area contributed by atoms with E-state index in [0.717, 1.165) is 60.1 Å². The molecule has 0 saturated heterocycles. The quantitative estimate of drug-likeness (QED) is 0.212. The molecule has 0 amide bonds. The Morgan fingerprint density at radius 3 is 2.21 bits per heavy atom. The highest BCUT2D eigenvalue weighted by atomic mass is 35.5. The molecule has 0 unspecified atom stereocenters. The minimum Gasteiger partial charge on any atom is -0.481 e. The van der Waals surface area contributed by atoms with Crippen LogP contribution in [0.2, 0.25) is 10.0 Å². The maximum Gasteiger partial charge on any atom is 0.303 e. The lowest BCUT2D eigenvalue weighted by atomic mass is 9.94. The number of hydrogen-bond acceptors (Lipinski definition) is 2. The smallest absolute Gasteiger partial charge is 0.303 e. The summed E-state index contributed by atoms with van der Waals surface area (Å²) < 4.78 is 2.09. The van der Waals surface area contributed by atoms with Gasteiger partial charge >= 0.3 is 5.97 Å². The van der Waals surface area contributed by atoms with E-state index < -0.39 is 5.97 Å². The van der Waals surface area contributed by atoms with Gasteiger partial charge in [0.25, 0.3) is 0 Å². The molecule has 3 rings (SSSR count). The summed E-state index contributed by atoms with van der Waals surface area (Å²) in [4.78, 5) is 24.3. The Kier molecular flexibility index (Phi) is 8.99. The second-order valence-electron chi connectivity index (χ2n) is 8.91. The predicted octanol–water partition coefficient (Wildman–Crippen LogP) is 7.51. The number of Topliss-reactive ketones (excluding diaryl/α,β-unsaturated/α-hetero) is 1. The van der Waals surface area contributed by atoms with Crippen molar-refractivity contribution in [1.29, 1.82) is 0 Å². The summed E-state index contributed by atoms with van der Waals surface area (Å²) in [6.07, 6.45) is 6.35. The predicted molar refractivity (Wildman–Crippen MR) is 136 cm³/mol. The van der Waals surface area contributed by atoms with Gasteiger partial charge in [0.2, 0.25) is 0 Å². The molecule has 2 aromatic carbocycles. The number of rotatable bonds is 12. The molecule has 1 aromatic heterocycles. The van der Waals surface area contributed by atoms with Crippen LogP contribution in [-0.4, -0.2) is 21.4 Å². The Labute approximate surface area is 205 Å². The summed E-state index contributed by atoms with van der Waals surface area (Å²) in [6, 6.07) is 13.6. The van der Waals surface area contributed by atoms with Gasteiger partial charge in [-0.1, -0.05) is 55.1 Å². The zero-order valence-corrected chi connectivity index (χ0v) is 20.8. The second-order valence-corrected chi connectivity index (χ2v) is 9.79. The molecule has 176 valence electrons. The molecule has 1 heterocycles. The topological polar surface area (TPSA) is 59.3 Å². The maximum absolute atomic E-state index is 13.3. The summed E-state index contributed by atoms with van der Waals surface area (Å²) in [6.45, 7) is 1.81. The fraction of sp³-hybridized carbons (Fsp3) is 0.407. The van der Waals surface area contributed by atoms with Crippen molar-refractivity contribution in [2.75, 3.05) is 0 Å². The zero-order valence-electron chi connectivity index (χ0n) is 19.2. The van der Waals surface area contributed by atoms with Gasteiger partial charge in [-0.05, 0) is 67.5 Å². The van der Waals surface area contributed by atoms with E-state index in [2.05, 4.69) is 16.7 Å². The number of carbonyl (C=O) groups excluding carboxylic acids is 1. The van der Waals surface area contributed by atoms with Crippen LogP contribution in [0.25, 0.3) is 10.9 Å². The molecule has 3 aromatic rings. The Morgan fingerprint density at radius 1 is 0.909 bits per heavy atom. The van der Waals surface area contributed by atoms with E-state index in [4.69, 9.17) is 28.3 Å².